The number of hydrogen-bond acceptors (Lipinski definition) is 4. The quantitative estimate of drug-likeness (QED) is 0.606. The molecule has 0 aliphatic rings. The first-order valence-electron chi connectivity index (χ1n) is 5.04. The Bertz CT molecular complexity index is 725. The summed E-state index contributed by atoms with van der Waals surface area (Å²) in [6.07, 6.45) is 1.73. The zero-order valence-electron chi connectivity index (χ0n) is 8.73. The smallest absolute Gasteiger partial charge is 0.408 e. The van der Waals surface area contributed by atoms with Crippen LogP contribution in [-0.4, -0.2) is 15.0 Å². The van der Waals surface area contributed by atoms with E-state index in [-0.39, 0.29) is 0 Å². The molecule has 3 aromatic rings. The molecule has 0 atom stereocenters. The Morgan fingerprint density at radius 3 is 3.00 bits per heavy atom. The summed E-state index contributed by atoms with van der Waals surface area (Å²) in [7, 11) is 0. The van der Waals surface area contributed by atoms with Crippen LogP contribution < -0.4 is 5.76 Å². The highest BCUT2D eigenvalue weighted by Crippen LogP contribution is 2.21. The molecule has 0 bridgehead atoms. The number of imidazole rings is 1. The summed E-state index contributed by atoms with van der Waals surface area (Å²) in [5, 5.41) is 0. The summed E-state index contributed by atoms with van der Waals surface area (Å²) in [6, 6.07) is 5.49. The van der Waals surface area contributed by atoms with Crippen molar-refractivity contribution < 1.29 is 4.42 Å². The van der Waals surface area contributed by atoms with E-state index < -0.39 is 5.76 Å². The average Bonchev–Trinajstić information content (AvgIpc) is 2.92. The minimum absolute atomic E-state index is 0.446. The number of thiol groups is 1. The highest BCUT2D eigenvalue weighted by molar-refractivity contribution is 7.79. The average molecular weight is 247 g/mol. The van der Waals surface area contributed by atoms with Gasteiger partial charge in [0.05, 0.1) is 17.4 Å². The molecule has 0 aliphatic carbocycles. The standard InChI is InChI=1S/C11H9N3O2S/c15-11-14-7-2-1-6(3-9(7)16-11)8-4-12-10(5-17)13-8/h1-4,17H,5H2,(H,12,13)(H,14,15). The van der Waals surface area contributed by atoms with Crippen LogP contribution in [0.3, 0.4) is 0 Å². The normalized spacial score (nSPS) is 11.1. The van der Waals surface area contributed by atoms with Gasteiger partial charge in [-0.3, -0.25) is 4.98 Å². The van der Waals surface area contributed by atoms with Crippen LogP contribution in [0.25, 0.3) is 22.4 Å². The van der Waals surface area contributed by atoms with Crippen LogP contribution in [0, 0.1) is 0 Å². The summed E-state index contributed by atoms with van der Waals surface area (Å²) in [5.41, 5.74) is 3.02. The molecule has 17 heavy (non-hydrogen) atoms. The van der Waals surface area contributed by atoms with Crippen LogP contribution in [0.2, 0.25) is 0 Å². The van der Waals surface area contributed by atoms with Crippen molar-refractivity contribution in [1.29, 1.82) is 0 Å². The molecule has 0 amide bonds. The van der Waals surface area contributed by atoms with Gasteiger partial charge in [-0.15, -0.1) is 0 Å². The van der Waals surface area contributed by atoms with E-state index in [9.17, 15) is 4.79 Å². The third-order valence-corrected chi connectivity index (χ3v) is 2.81. The fourth-order valence-corrected chi connectivity index (χ4v) is 1.86. The number of aromatic amines is 2. The Labute approximate surface area is 101 Å². The van der Waals surface area contributed by atoms with E-state index in [2.05, 4.69) is 27.6 Å². The van der Waals surface area contributed by atoms with Crippen molar-refractivity contribution in [3.05, 3.63) is 40.8 Å². The molecule has 6 heteroatoms. The van der Waals surface area contributed by atoms with Gasteiger partial charge in [-0.05, 0) is 12.1 Å². The van der Waals surface area contributed by atoms with Crippen LogP contribution in [0.1, 0.15) is 5.82 Å². The van der Waals surface area contributed by atoms with E-state index in [1.807, 2.05) is 6.07 Å². The first-order valence-corrected chi connectivity index (χ1v) is 5.67. The van der Waals surface area contributed by atoms with E-state index >= 15 is 0 Å². The van der Waals surface area contributed by atoms with Crippen molar-refractivity contribution >= 4 is 23.7 Å². The Balaban J connectivity index is 2.13. The number of fused-ring (bicyclic) bond motifs is 1. The number of rotatable bonds is 2. The minimum Gasteiger partial charge on any atom is -0.408 e. The fraction of sp³-hybridized carbons (Fsp3) is 0.0909. The summed E-state index contributed by atoms with van der Waals surface area (Å²) >= 11 is 4.14. The second-order valence-corrected chi connectivity index (χ2v) is 3.94. The molecule has 86 valence electrons. The molecule has 5 nitrogen and oxygen atoms in total. The lowest BCUT2D eigenvalue weighted by atomic mass is 10.1. The number of aromatic nitrogens is 3. The number of benzene rings is 1. The zero-order valence-corrected chi connectivity index (χ0v) is 9.62. The molecular formula is C11H9N3O2S. The maximum atomic E-state index is 11.0. The van der Waals surface area contributed by atoms with Crippen molar-refractivity contribution in [3.8, 4) is 11.3 Å². The molecule has 0 saturated heterocycles. The summed E-state index contributed by atoms with van der Waals surface area (Å²) in [4.78, 5) is 20.9. The Morgan fingerprint density at radius 1 is 1.35 bits per heavy atom. The molecule has 3 rings (SSSR count). The van der Waals surface area contributed by atoms with Crippen molar-refractivity contribution in [2.75, 3.05) is 0 Å². The summed E-state index contributed by atoms with van der Waals surface area (Å²) in [6.45, 7) is 0. The fourth-order valence-electron chi connectivity index (χ4n) is 1.70. The highest BCUT2D eigenvalue weighted by atomic mass is 32.1. The van der Waals surface area contributed by atoms with Gasteiger partial charge in [0.2, 0.25) is 0 Å². The van der Waals surface area contributed by atoms with Crippen LogP contribution in [0.4, 0.5) is 0 Å². The molecule has 2 N–H and O–H groups in total. The molecule has 2 heterocycles. The van der Waals surface area contributed by atoms with Gasteiger partial charge >= 0.3 is 5.76 Å². The summed E-state index contributed by atoms with van der Waals surface area (Å²) < 4.78 is 5.00. The Hall–Kier alpha value is -1.95. The number of hydrogen-bond donors (Lipinski definition) is 3. The lowest BCUT2D eigenvalue weighted by Gasteiger charge is -1.96. The van der Waals surface area contributed by atoms with Gasteiger partial charge in [0.25, 0.3) is 0 Å². The highest BCUT2D eigenvalue weighted by Gasteiger charge is 2.06. The van der Waals surface area contributed by atoms with Gasteiger partial charge in [0.1, 0.15) is 5.82 Å². The van der Waals surface area contributed by atoms with Crippen LogP contribution in [0.5, 0.6) is 0 Å². The first-order chi connectivity index (χ1) is 8.26. The lowest BCUT2D eigenvalue weighted by Crippen LogP contribution is -1.92. The van der Waals surface area contributed by atoms with Crippen LogP contribution >= 0.6 is 12.6 Å². The predicted molar refractivity (Wildman–Crippen MR) is 67.1 cm³/mol. The molecule has 1 aromatic carbocycles. The summed E-state index contributed by atoms with van der Waals surface area (Å²) in [5.74, 6) is 0.915. The Kier molecular flexibility index (Phi) is 2.29. The van der Waals surface area contributed by atoms with Gasteiger partial charge < -0.3 is 9.40 Å². The molecule has 0 spiro atoms. The van der Waals surface area contributed by atoms with Crippen LogP contribution in [-0.2, 0) is 5.75 Å². The van der Waals surface area contributed by atoms with E-state index in [0.717, 1.165) is 17.1 Å². The Morgan fingerprint density at radius 2 is 2.24 bits per heavy atom. The predicted octanol–water partition coefficient (Wildman–Crippen LogP) is 1.94. The van der Waals surface area contributed by atoms with Gasteiger partial charge in [-0.2, -0.15) is 12.6 Å². The monoisotopic (exact) mass is 247 g/mol. The molecule has 0 saturated carbocycles. The van der Waals surface area contributed by atoms with Gasteiger partial charge in [0.15, 0.2) is 5.58 Å². The molecule has 0 aliphatic heterocycles. The second-order valence-electron chi connectivity index (χ2n) is 3.63. The largest absolute Gasteiger partial charge is 0.417 e. The third-order valence-electron chi connectivity index (χ3n) is 2.51. The number of H-pyrrole nitrogens is 2. The SMILES string of the molecule is O=c1[nH]c2ccc(-c3cnc(CS)[nH]3)cc2o1. The second kappa shape index (κ2) is 3.81. The van der Waals surface area contributed by atoms with Crippen molar-refractivity contribution in [2.45, 2.75) is 5.75 Å². The minimum atomic E-state index is -0.446. The van der Waals surface area contributed by atoms with E-state index in [0.29, 0.717) is 16.9 Å². The maximum Gasteiger partial charge on any atom is 0.417 e. The molecule has 0 unspecified atom stereocenters. The van der Waals surface area contributed by atoms with Crippen LogP contribution in [0.15, 0.2) is 33.6 Å². The number of nitrogens with zero attached hydrogens (tertiary/aromatic N) is 1. The number of nitrogens with one attached hydrogen (secondary N) is 2. The van der Waals surface area contributed by atoms with Crippen molar-refractivity contribution in [2.24, 2.45) is 0 Å². The number of oxazole rings is 1. The van der Waals surface area contributed by atoms with Crippen molar-refractivity contribution in [3.63, 3.8) is 0 Å². The maximum absolute atomic E-state index is 11.0. The molecule has 2 aromatic heterocycles. The molecular weight excluding hydrogens is 238 g/mol. The van der Waals surface area contributed by atoms with Gasteiger partial charge in [0, 0.05) is 11.3 Å². The first kappa shape index (κ1) is 10.2. The lowest BCUT2D eigenvalue weighted by molar-refractivity contribution is 0.555. The van der Waals surface area contributed by atoms with E-state index in [1.54, 1.807) is 18.3 Å². The molecule has 0 radical (unpaired) electrons. The topological polar surface area (TPSA) is 74.7 Å². The van der Waals surface area contributed by atoms with Gasteiger partial charge in [-0.25, -0.2) is 9.78 Å². The van der Waals surface area contributed by atoms with Crippen molar-refractivity contribution in [1.82, 2.24) is 15.0 Å². The van der Waals surface area contributed by atoms with E-state index in [4.69, 9.17) is 4.42 Å². The van der Waals surface area contributed by atoms with Gasteiger partial charge in [-0.1, -0.05) is 6.07 Å². The zero-order chi connectivity index (χ0) is 11.8. The van der Waals surface area contributed by atoms with E-state index in [1.165, 1.54) is 0 Å². The third kappa shape index (κ3) is 1.76. The molecule has 0 fully saturated rings.